The van der Waals surface area contributed by atoms with Crippen molar-refractivity contribution in [2.75, 3.05) is 27.2 Å². The molecule has 3 rings (SSSR count). The topological polar surface area (TPSA) is 92.9 Å². The Labute approximate surface area is 145 Å². The monoisotopic (exact) mass is 340 g/mol. The maximum absolute atomic E-state index is 12.9. The minimum Gasteiger partial charge on any atom is -0.507 e. The number of phenolic OH excluding ortho intramolecular Hbond substituents is 1. The van der Waals surface area contributed by atoms with Gasteiger partial charge in [-0.05, 0) is 20.2 Å². The van der Waals surface area contributed by atoms with E-state index in [9.17, 15) is 14.7 Å². The number of likely N-dealkylation sites (N-methyl/N-ethyl adjacent to an activating group) is 1. The van der Waals surface area contributed by atoms with E-state index in [-0.39, 0.29) is 40.5 Å². The average molecular weight is 340 g/mol. The first-order valence-corrected chi connectivity index (χ1v) is 8.00. The average Bonchev–Trinajstić information content (AvgIpc) is 2.60. The number of carbonyl (C=O) groups is 2. The molecule has 0 aliphatic heterocycles. The SMILES string of the molecule is CN(C)CCOc1cc(CN)c(O)c2c1C(=O)c1ccccc1C2=O. The van der Waals surface area contributed by atoms with Gasteiger partial charge in [-0.1, -0.05) is 24.3 Å². The molecule has 130 valence electrons. The third-order valence-electron chi connectivity index (χ3n) is 4.23. The number of fused-ring (bicyclic) bond motifs is 2. The smallest absolute Gasteiger partial charge is 0.198 e. The molecule has 0 unspecified atom stereocenters. The molecule has 0 heterocycles. The molecule has 25 heavy (non-hydrogen) atoms. The van der Waals surface area contributed by atoms with E-state index in [1.165, 1.54) is 0 Å². The number of benzene rings is 2. The summed E-state index contributed by atoms with van der Waals surface area (Å²) >= 11 is 0. The first-order chi connectivity index (χ1) is 12.0. The van der Waals surface area contributed by atoms with Crippen LogP contribution in [0.3, 0.4) is 0 Å². The van der Waals surface area contributed by atoms with Crippen molar-refractivity contribution in [3.05, 3.63) is 58.1 Å². The van der Waals surface area contributed by atoms with Gasteiger partial charge in [0.1, 0.15) is 18.1 Å². The summed E-state index contributed by atoms with van der Waals surface area (Å²) in [5.74, 6) is -0.687. The molecule has 0 saturated carbocycles. The van der Waals surface area contributed by atoms with Crippen LogP contribution >= 0.6 is 0 Å². The lowest BCUT2D eigenvalue weighted by Crippen LogP contribution is -2.24. The van der Waals surface area contributed by atoms with Crippen molar-refractivity contribution in [1.82, 2.24) is 4.90 Å². The molecule has 6 nitrogen and oxygen atoms in total. The van der Waals surface area contributed by atoms with E-state index in [0.717, 1.165) is 0 Å². The van der Waals surface area contributed by atoms with Crippen LogP contribution in [0, 0.1) is 0 Å². The number of nitrogens with two attached hydrogens (primary N) is 1. The Morgan fingerprint density at radius 3 is 2.24 bits per heavy atom. The van der Waals surface area contributed by atoms with Gasteiger partial charge in [0.15, 0.2) is 11.6 Å². The number of hydrogen-bond donors (Lipinski definition) is 2. The molecular formula is C19H20N2O4. The van der Waals surface area contributed by atoms with E-state index in [4.69, 9.17) is 10.5 Å². The van der Waals surface area contributed by atoms with Crippen LogP contribution in [0.25, 0.3) is 0 Å². The zero-order valence-corrected chi connectivity index (χ0v) is 14.2. The van der Waals surface area contributed by atoms with E-state index in [0.29, 0.717) is 24.3 Å². The van der Waals surface area contributed by atoms with Crippen LogP contribution in [0.1, 0.15) is 37.4 Å². The van der Waals surface area contributed by atoms with Crippen molar-refractivity contribution in [2.24, 2.45) is 5.73 Å². The maximum atomic E-state index is 12.9. The van der Waals surface area contributed by atoms with Gasteiger partial charge in [0.2, 0.25) is 0 Å². The van der Waals surface area contributed by atoms with Crippen molar-refractivity contribution in [2.45, 2.75) is 6.54 Å². The molecule has 1 aliphatic rings. The Morgan fingerprint density at radius 2 is 1.68 bits per heavy atom. The highest BCUT2D eigenvalue weighted by atomic mass is 16.5. The van der Waals surface area contributed by atoms with Gasteiger partial charge in [-0.25, -0.2) is 0 Å². The molecule has 0 spiro atoms. The number of nitrogens with zero attached hydrogens (tertiary/aromatic N) is 1. The van der Waals surface area contributed by atoms with Gasteiger partial charge in [-0.15, -0.1) is 0 Å². The summed E-state index contributed by atoms with van der Waals surface area (Å²) < 4.78 is 5.77. The molecule has 0 radical (unpaired) electrons. The van der Waals surface area contributed by atoms with E-state index in [2.05, 4.69) is 0 Å². The fourth-order valence-corrected chi connectivity index (χ4v) is 2.90. The van der Waals surface area contributed by atoms with Crippen molar-refractivity contribution in [1.29, 1.82) is 0 Å². The third-order valence-corrected chi connectivity index (χ3v) is 4.23. The predicted octanol–water partition coefficient (Wildman–Crippen LogP) is 1.57. The Morgan fingerprint density at radius 1 is 1.08 bits per heavy atom. The van der Waals surface area contributed by atoms with Gasteiger partial charge in [0.05, 0.1) is 11.1 Å². The van der Waals surface area contributed by atoms with E-state index >= 15 is 0 Å². The second-order valence-electron chi connectivity index (χ2n) is 6.19. The van der Waals surface area contributed by atoms with E-state index < -0.39 is 5.78 Å². The second kappa shape index (κ2) is 6.66. The number of carbonyl (C=O) groups excluding carboxylic acids is 2. The highest BCUT2D eigenvalue weighted by Gasteiger charge is 2.35. The minimum absolute atomic E-state index is 0.0218. The molecule has 2 aromatic carbocycles. The molecule has 2 aromatic rings. The molecule has 0 fully saturated rings. The van der Waals surface area contributed by atoms with E-state index in [1.54, 1.807) is 30.3 Å². The summed E-state index contributed by atoms with van der Waals surface area (Å²) in [5, 5.41) is 10.5. The summed E-state index contributed by atoms with van der Waals surface area (Å²) in [6.07, 6.45) is 0. The quantitative estimate of drug-likeness (QED) is 0.732. The fraction of sp³-hybridized carbons (Fsp3) is 0.263. The highest BCUT2D eigenvalue weighted by molar-refractivity contribution is 6.30. The molecule has 0 amide bonds. The zero-order chi connectivity index (χ0) is 18.1. The number of hydrogen-bond acceptors (Lipinski definition) is 6. The molecule has 6 heteroatoms. The van der Waals surface area contributed by atoms with Crippen molar-refractivity contribution >= 4 is 11.6 Å². The summed E-state index contributed by atoms with van der Waals surface area (Å²) in [5.41, 5.74) is 6.74. The molecule has 0 saturated heterocycles. The van der Waals surface area contributed by atoms with Crippen LogP contribution in [0.15, 0.2) is 30.3 Å². The Hall–Kier alpha value is -2.70. The molecule has 0 aromatic heterocycles. The van der Waals surface area contributed by atoms with Gasteiger partial charge in [-0.2, -0.15) is 0 Å². The first kappa shape index (κ1) is 17.1. The van der Waals surface area contributed by atoms with Crippen LogP contribution in [0.2, 0.25) is 0 Å². The van der Waals surface area contributed by atoms with Gasteiger partial charge in [-0.3, -0.25) is 9.59 Å². The summed E-state index contributed by atoms with van der Waals surface area (Å²) in [6.45, 7) is 1.02. The number of aromatic hydroxyl groups is 1. The number of rotatable bonds is 5. The zero-order valence-electron chi connectivity index (χ0n) is 14.2. The number of phenols is 1. The van der Waals surface area contributed by atoms with E-state index in [1.807, 2.05) is 19.0 Å². The van der Waals surface area contributed by atoms with Crippen LogP contribution in [-0.2, 0) is 6.54 Å². The Balaban J connectivity index is 2.16. The molecule has 0 atom stereocenters. The van der Waals surface area contributed by atoms with Gasteiger partial charge in [0.25, 0.3) is 0 Å². The first-order valence-electron chi connectivity index (χ1n) is 8.00. The van der Waals surface area contributed by atoms with Crippen molar-refractivity contribution in [3.63, 3.8) is 0 Å². The van der Waals surface area contributed by atoms with Gasteiger partial charge >= 0.3 is 0 Å². The van der Waals surface area contributed by atoms with Crippen molar-refractivity contribution < 1.29 is 19.4 Å². The normalized spacial score (nSPS) is 13.0. The van der Waals surface area contributed by atoms with Crippen LogP contribution in [-0.4, -0.2) is 48.8 Å². The predicted molar refractivity (Wildman–Crippen MR) is 93.4 cm³/mol. The number of ether oxygens (including phenoxy) is 1. The molecule has 1 aliphatic carbocycles. The largest absolute Gasteiger partial charge is 0.507 e. The summed E-state index contributed by atoms with van der Waals surface area (Å²) in [4.78, 5) is 27.7. The standard InChI is InChI=1S/C19H20N2O4/c1-21(2)7-8-25-14-9-11(10-20)17(22)16-15(14)18(23)12-5-3-4-6-13(12)19(16)24/h3-6,9,22H,7-8,10,20H2,1-2H3. The summed E-state index contributed by atoms with van der Waals surface area (Å²) in [7, 11) is 3.82. The molecule has 0 bridgehead atoms. The van der Waals surface area contributed by atoms with Crippen molar-refractivity contribution in [3.8, 4) is 11.5 Å². The maximum Gasteiger partial charge on any atom is 0.198 e. The van der Waals surface area contributed by atoms with Crippen LogP contribution in [0.4, 0.5) is 0 Å². The highest BCUT2D eigenvalue weighted by Crippen LogP contribution is 2.40. The lowest BCUT2D eigenvalue weighted by atomic mass is 9.82. The lowest BCUT2D eigenvalue weighted by molar-refractivity contribution is 0.0972. The Kier molecular flexibility index (Phi) is 4.57. The minimum atomic E-state index is -0.393. The van der Waals surface area contributed by atoms with Gasteiger partial charge < -0.3 is 20.5 Å². The Bertz CT molecular complexity index is 859. The summed E-state index contributed by atoms with van der Waals surface area (Å²) in [6, 6.07) is 8.13. The number of ketones is 2. The second-order valence-corrected chi connectivity index (χ2v) is 6.19. The lowest BCUT2D eigenvalue weighted by Gasteiger charge is -2.23. The third kappa shape index (κ3) is 2.90. The van der Waals surface area contributed by atoms with Crippen LogP contribution in [0.5, 0.6) is 11.5 Å². The molecular weight excluding hydrogens is 320 g/mol. The van der Waals surface area contributed by atoms with Crippen LogP contribution < -0.4 is 10.5 Å². The van der Waals surface area contributed by atoms with Gasteiger partial charge in [0, 0.05) is 29.8 Å². The fourth-order valence-electron chi connectivity index (χ4n) is 2.90. The molecule has 3 N–H and O–H groups in total.